The van der Waals surface area contributed by atoms with Crippen molar-refractivity contribution in [2.75, 3.05) is 21.3 Å². The van der Waals surface area contributed by atoms with Gasteiger partial charge in [-0.2, -0.15) is 10.4 Å². The summed E-state index contributed by atoms with van der Waals surface area (Å²) in [7, 11) is 4.54. The number of methoxy groups -OCH3 is 3. The molecule has 0 spiro atoms. The lowest BCUT2D eigenvalue weighted by Gasteiger charge is -2.12. The number of nitrogens with zero attached hydrogens (tertiary/aromatic N) is 2. The van der Waals surface area contributed by atoms with Crippen LogP contribution in [0.1, 0.15) is 17.0 Å². The highest BCUT2D eigenvalue weighted by Gasteiger charge is 2.19. The number of nitriles is 1. The fourth-order valence-electron chi connectivity index (χ4n) is 2.34. The van der Waals surface area contributed by atoms with Crippen molar-refractivity contribution in [2.24, 2.45) is 5.10 Å². The second kappa shape index (κ2) is 9.08. The predicted molar refractivity (Wildman–Crippen MR) is 96.6 cm³/mol. The summed E-state index contributed by atoms with van der Waals surface area (Å²) in [5, 5.41) is 13.2. The van der Waals surface area contributed by atoms with E-state index in [4.69, 9.17) is 14.2 Å². The lowest BCUT2D eigenvalue weighted by atomic mass is 10.0. The van der Waals surface area contributed by atoms with Gasteiger partial charge in [-0.3, -0.25) is 4.79 Å². The molecule has 0 aliphatic carbocycles. The van der Waals surface area contributed by atoms with Crippen molar-refractivity contribution in [2.45, 2.75) is 5.92 Å². The molecule has 0 bridgehead atoms. The number of carbonyl (C=O) groups is 1. The molecule has 26 heavy (non-hydrogen) atoms. The Balaban J connectivity index is 2.15. The highest BCUT2D eigenvalue weighted by molar-refractivity contribution is 5.88. The van der Waals surface area contributed by atoms with Crippen molar-refractivity contribution in [1.82, 2.24) is 5.43 Å². The minimum Gasteiger partial charge on any atom is -0.493 e. The molecule has 0 aliphatic rings. The second-order valence-electron chi connectivity index (χ2n) is 5.17. The minimum absolute atomic E-state index is 0.463. The zero-order chi connectivity index (χ0) is 18.9. The molecule has 0 aliphatic heterocycles. The Morgan fingerprint density at radius 3 is 2.23 bits per heavy atom. The quantitative estimate of drug-likeness (QED) is 0.610. The van der Waals surface area contributed by atoms with Crippen LogP contribution in [0.4, 0.5) is 0 Å². The van der Waals surface area contributed by atoms with E-state index in [2.05, 4.69) is 10.5 Å². The van der Waals surface area contributed by atoms with Crippen LogP contribution < -0.4 is 19.6 Å². The smallest absolute Gasteiger partial charge is 0.261 e. The number of ether oxygens (including phenoxy) is 3. The topological polar surface area (TPSA) is 92.9 Å². The van der Waals surface area contributed by atoms with Crippen molar-refractivity contribution in [1.29, 1.82) is 5.26 Å². The van der Waals surface area contributed by atoms with Gasteiger partial charge in [-0.1, -0.05) is 30.3 Å². The molecule has 7 nitrogen and oxygen atoms in total. The van der Waals surface area contributed by atoms with E-state index in [-0.39, 0.29) is 0 Å². The van der Waals surface area contributed by atoms with E-state index in [9.17, 15) is 10.1 Å². The van der Waals surface area contributed by atoms with Crippen molar-refractivity contribution in [3.8, 4) is 23.3 Å². The Hall–Kier alpha value is -3.53. The van der Waals surface area contributed by atoms with Gasteiger partial charge >= 0.3 is 0 Å². The Kier molecular flexibility index (Phi) is 6.57. The second-order valence-corrected chi connectivity index (χ2v) is 5.17. The first-order valence-corrected chi connectivity index (χ1v) is 7.72. The first kappa shape index (κ1) is 18.8. The zero-order valence-electron chi connectivity index (χ0n) is 14.7. The highest BCUT2D eigenvalue weighted by atomic mass is 16.5. The van der Waals surface area contributed by atoms with E-state index in [1.54, 1.807) is 36.4 Å². The Morgan fingerprint density at radius 2 is 1.73 bits per heavy atom. The van der Waals surface area contributed by atoms with Gasteiger partial charge in [-0.05, 0) is 17.7 Å². The lowest BCUT2D eigenvalue weighted by molar-refractivity contribution is -0.121. The van der Waals surface area contributed by atoms with Crippen LogP contribution in [0.5, 0.6) is 17.2 Å². The summed E-state index contributed by atoms with van der Waals surface area (Å²) in [5.41, 5.74) is 3.62. The largest absolute Gasteiger partial charge is 0.493 e. The van der Waals surface area contributed by atoms with Gasteiger partial charge < -0.3 is 14.2 Å². The van der Waals surface area contributed by atoms with Crippen LogP contribution in [0, 0.1) is 11.3 Å². The van der Waals surface area contributed by atoms with Gasteiger partial charge in [0.15, 0.2) is 17.4 Å². The van der Waals surface area contributed by atoms with Gasteiger partial charge in [0.05, 0.1) is 33.6 Å². The number of hydrogen-bond donors (Lipinski definition) is 1. The van der Waals surface area contributed by atoms with Gasteiger partial charge in [0, 0.05) is 5.56 Å². The Bertz CT molecular complexity index is 803. The first-order valence-electron chi connectivity index (χ1n) is 7.72. The predicted octanol–water partition coefficient (Wildman–Crippen LogP) is 2.47. The monoisotopic (exact) mass is 353 g/mol. The summed E-state index contributed by atoms with van der Waals surface area (Å²) >= 11 is 0. The molecule has 1 atom stereocenters. The molecule has 0 aromatic heterocycles. The van der Waals surface area contributed by atoms with Crippen molar-refractivity contribution < 1.29 is 19.0 Å². The molecule has 1 amide bonds. The summed E-state index contributed by atoms with van der Waals surface area (Å²) in [6.45, 7) is 0. The molecule has 7 heteroatoms. The van der Waals surface area contributed by atoms with Crippen LogP contribution >= 0.6 is 0 Å². The lowest BCUT2D eigenvalue weighted by Crippen LogP contribution is -2.24. The Morgan fingerprint density at radius 1 is 1.12 bits per heavy atom. The number of hydrazone groups is 1. The number of nitrogens with one attached hydrogen (secondary N) is 1. The van der Waals surface area contributed by atoms with Crippen LogP contribution in [-0.4, -0.2) is 33.5 Å². The van der Waals surface area contributed by atoms with Crippen LogP contribution in [0.25, 0.3) is 0 Å². The average Bonchev–Trinajstić information content (AvgIpc) is 2.68. The molecule has 2 aromatic carbocycles. The average molecular weight is 353 g/mol. The highest BCUT2D eigenvalue weighted by Crippen LogP contribution is 2.37. The maximum Gasteiger partial charge on any atom is 0.261 e. The summed E-state index contributed by atoms with van der Waals surface area (Å²) in [4.78, 5) is 12.2. The zero-order valence-corrected chi connectivity index (χ0v) is 14.7. The molecular formula is C19H19N3O4. The molecular weight excluding hydrogens is 334 g/mol. The van der Waals surface area contributed by atoms with E-state index in [1.807, 2.05) is 12.1 Å². The molecule has 0 heterocycles. The number of amides is 1. The third-order valence-electron chi connectivity index (χ3n) is 3.60. The summed E-state index contributed by atoms with van der Waals surface area (Å²) in [6.07, 6.45) is 1.43. The van der Waals surface area contributed by atoms with Gasteiger partial charge in [0.2, 0.25) is 5.75 Å². The molecule has 2 aromatic rings. The van der Waals surface area contributed by atoms with E-state index in [1.165, 1.54) is 27.5 Å². The molecule has 0 radical (unpaired) electrons. The molecule has 134 valence electrons. The number of carbonyl (C=O) groups excluding carboxylic acids is 1. The summed E-state index contributed by atoms with van der Waals surface area (Å²) in [5.74, 6) is -0.0434. The molecule has 1 N–H and O–H groups in total. The fraction of sp³-hybridized carbons (Fsp3) is 0.211. The summed E-state index contributed by atoms with van der Waals surface area (Å²) < 4.78 is 15.8. The summed E-state index contributed by atoms with van der Waals surface area (Å²) in [6, 6.07) is 14.2. The maximum absolute atomic E-state index is 12.2. The molecule has 0 unspecified atom stereocenters. The van der Waals surface area contributed by atoms with Crippen LogP contribution in [-0.2, 0) is 4.79 Å². The molecule has 0 saturated carbocycles. The van der Waals surface area contributed by atoms with Crippen LogP contribution in [0.2, 0.25) is 0 Å². The molecule has 0 fully saturated rings. The van der Waals surface area contributed by atoms with Gasteiger partial charge in [-0.15, -0.1) is 0 Å². The Labute approximate surface area is 151 Å². The normalized spacial score (nSPS) is 11.5. The van der Waals surface area contributed by atoms with Gasteiger partial charge in [0.25, 0.3) is 5.91 Å². The van der Waals surface area contributed by atoms with Crippen molar-refractivity contribution in [3.05, 3.63) is 53.6 Å². The van der Waals surface area contributed by atoms with Crippen LogP contribution in [0.15, 0.2) is 47.6 Å². The van der Waals surface area contributed by atoms with Crippen molar-refractivity contribution in [3.63, 3.8) is 0 Å². The van der Waals surface area contributed by atoms with Crippen LogP contribution in [0.3, 0.4) is 0 Å². The minimum atomic E-state index is -0.937. The fourth-order valence-corrected chi connectivity index (χ4v) is 2.34. The van der Waals surface area contributed by atoms with Gasteiger partial charge in [0.1, 0.15) is 0 Å². The van der Waals surface area contributed by atoms with E-state index in [0.29, 0.717) is 28.4 Å². The molecule has 0 saturated heterocycles. The third kappa shape index (κ3) is 4.30. The number of benzene rings is 2. The van der Waals surface area contributed by atoms with Gasteiger partial charge in [-0.25, -0.2) is 5.43 Å². The number of hydrogen-bond acceptors (Lipinski definition) is 6. The standard InChI is InChI=1S/C19H19N3O4/c1-24-16-9-13(10-17(25-2)18(16)26-3)12-21-22-19(23)15(11-20)14-7-5-4-6-8-14/h4-10,12,15H,1-3H3,(H,22,23)/b21-12-/t15-/m0/s1. The number of rotatable bonds is 7. The first-order chi connectivity index (χ1) is 12.6. The SMILES string of the molecule is COc1cc(/C=N\NC(=O)[C@@H](C#N)c2ccccc2)cc(OC)c1OC. The van der Waals surface area contributed by atoms with E-state index < -0.39 is 11.8 Å². The maximum atomic E-state index is 12.2. The third-order valence-corrected chi connectivity index (χ3v) is 3.60. The molecule has 2 rings (SSSR count). The van der Waals surface area contributed by atoms with E-state index >= 15 is 0 Å². The van der Waals surface area contributed by atoms with E-state index in [0.717, 1.165) is 0 Å². The van der Waals surface area contributed by atoms with Crippen molar-refractivity contribution >= 4 is 12.1 Å².